The molecule has 1 amide bonds. The third-order valence-electron chi connectivity index (χ3n) is 2.89. The van der Waals surface area contributed by atoms with E-state index in [2.05, 4.69) is 4.99 Å². The SMILES string of the molecule is Cc1cc(C(=O)CCC(=O)N=c2sccn2C)c(C)s1. The number of ketones is 1. The maximum absolute atomic E-state index is 12.1. The summed E-state index contributed by atoms with van der Waals surface area (Å²) < 4.78 is 1.79. The first-order chi connectivity index (χ1) is 9.47. The number of thiophene rings is 1. The Balaban J connectivity index is 1.99. The van der Waals surface area contributed by atoms with Crippen molar-refractivity contribution in [3.8, 4) is 0 Å². The molecule has 0 fully saturated rings. The second-order valence-electron chi connectivity index (χ2n) is 4.55. The number of rotatable bonds is 4. The van der Waals surface area contributed by atoms with Crippen molar-refractivity contribution in [1.29, 1.82) is 0 Å². The summed E-state index contributed by atoms with van der Waals surface area (Å²) in [5.41, 5.74) is 0.738. The molecule has 0 aliphatic carbocycles. The van der Waals surface area contributed by atoms with Gasteiger partial charge in [0.05, 0.1) is 0 Å². The first kappa shape index (κ1) is 14.9. The second-order valence-corrected chi connectivity index (χ2v) is 6.89. The number of Topliss-reactive ketones (excluding diaryl/α,β-unsaturated/α-hetero) is 1. The molecule has 2 rings (SSSR count). The monoisotopic (exact) mass is 308 g/mol. The Bertz CT molecular complexity index is 707. The summed E-state index contributed by atoms with van der Waals surface area (Å²) in [6.07, 6.45) is 2.22. The van der Waals surface area contributed by atoms with Crippen LogP contribution in [-0.2, 0) is 11.8 Å². The van der Waals surface area contributed by atoms with E-state index in [1.807, 2.05) is 38.5 Å². The fourth-order valence-electron chi connectivity index (χ4n) is 1.86. The largest absolute Gasteiger partial charge is 0.327 e. The van der Waals surface area contributed by atoms with Crippen LogP contribution in [-0.4, -0.2) is 16.3 Å². The lowest BCUT2D eigenvalue weighted by Gasteiger charge is -1.97. The Morgan fingerprint density at radius 2 is 2.05 bits per heavy atom. The number of amides is 1. The average molecular weight is 308 g/mol. The van der Waals surface area contributed by atoms with Crippen LogP contribution in [0.25, 0.3) is 0 Å². The minimum absolute atomic E-state index is 0.0194. The quantitative estimate of drug-likeness (QED) is 0.816. The first-order valence-corrected chi connectivity index (χ1v) is 7.95. The number of thiazole rings is 1. The maximum atomic E-state index is 12.1. The number of carbonyl (C=O) groups is 2. The van der Waals surface area contributed by atoms with Gasteiger partial charge < -0.3 is 4.57 Å². The van der Waals surface area contributed by atoms with Crippen molar-refractivity contribution in [3.05, 3.63) is 37.8 Å². The normalized spacial score (nSPS) is 11.8. The fourth-order valence-corrected chi connectivity index (χ4v) is 3.55. The predicted octanol–water partition coefficient (Wildman–Crippen LogP) is 2.86. The summed E-state index contributed by atoms with van der Waals surface area (Å²) in [5, 5.41) is 1.87. The lowest BCUT2D eigenvalue weighted by atomic mass is 10.1. The van der Waals surface area contributed by atoms with Crippen LogP contribution >= 0.6 is 22.7 Å². The van der Waals surface area contributed by atoms with E-state index in [0.29, 0.717) is 4.80 Å². The van der Waals surface area contributed by atoms with Crippen molar-refractivity contribution in [3.63, 3.8) is 0 Å². The van der Waals surface area contributed by atoms with Gasteiger partial charge in [0.25, 0.3) is 0 Å². The highest BCUT2D eigenvalue weighted by Crippen LogP contribution is 2.22. The third kappa shape index (κ3) is 3.52. The van der Waals surface area contributed by atoms with Gasteiger partial charge in [0.15, 0.2) is 10.6 Å². The predicted molar refractivity (Wildman–Crippen MR) is 81.2 cm³/mol. The molecule has 0 spiro atoms. The summed E-state index contributed by atoms with van der Waals surface area (Å²) in [4.78, 5) is 30.6. The van der Waals surface area contributed by atoms with E-state index in [4.69, 9.17) is 0 Å². The van der Waals surface area contributed by atoms with Gasteiger partial charge in [0.1, 0.15) is 0 Å². The van der Waals surface area contributed by atoms with Crippen LogP contribution in [0, 0.1) is 13.8 Å². The van der Waals surface area contributed by atoms with E-state index in [1.54, 1.807) is 15.9 Å². The number of hydrogen-bond donors (Lipinski definition) is 0. The summed E-state index contributed by atoms with van der Waals surface area (Å²) in [6.45, 7) is 3.91. The highest BCUT2D eigenvalue weighted by molar-refractivity contribution is 7.12. The molecule has 0 N–H and O–H groups in total. The van der Waals surface area contributed by atoms with Gasteiger partial charge in [-0.1, -0.05) is 0 Å². The molecule has 0 aliphatic heterocycles. The summed E-state index contributed by atoms with van der Waals surface area (Å²) in [7, 11) is 1.84. The van der Waals surface area contributed by atoms with Gasteiger partial charge in [-0.15, -0.1) is 22.7 Å². The number of carbonyl (C=O) groups excluding carboxylic acids is 2. The first-order valence-electron chi connectivity index (χ1n) is 6.25. The molecule has 6 heteroatoms. The van der Waals surface area contributed by atoms with Crippen molar-refractivity contribution in [2.24, 2.45) is 12.0 Å². The topological polar surface area (TPSA) is 51.4 Å². The van der Waals surface area contributed by atoms with Gasteiger partial charge >= 0.3 is 0 Å². The van der Waals surface area contributed by atoms with Crippen LogP contribution in [0.1, 0.15) is 33.0 Å². The van der Waals surface area contributed by atoms with Gasteiger partial charge in [-0.25, -0.2) is 0 Å². The molecular weight excluding hydrogens is 292 g/mol. The van der Waals surface area contributed by atoms with Crippen molar-refractivity contribution in [2.45, 2.75) is 26.7 Å². The number of hydrogen-bond acceptors (Lipinski definition) is 4. The number of aryl methyl sites for hydroxylation is 3. The summed E-state index contributed by atoms with van der Waals surface area (Å²) in [6, 6.07) is 1.89. The molecule has 106 valence electrons. The Hall–Kier alpha value is -1.53. The molecule has 0 radical (unpaired) electrons. The lowest BCUT2D eigenvalue weighted by Crippen LogP contribution is -2.13. The zero-order valence-electron chi connectivity index (χ0n) is 11.7. The van der Waals surface area contributed by atoms with Gasteiger partial charge in [-0.05, 0) is 19.9 Å². The lowest BCUT2D eigenvalue weighted by molar-refractivity contribution is -0.118. The molecule has 2 aromatic rings. The molecule has 20 heavy (non-hydrogen) atoms. The molecule has 0 unspecified atom stereocenters. The fraction of sp³-hybridized carbons (Fsp3) is 0.357. The van der Waals surface area contributed by atoms with Crippen molar-refractivity contribution < 1.29 is 9.59 Å². The third-order valence-corrected chi connectivity index (χ3v) is 4.70. The van der Waals surface area contributed by atoms with E-state index >= 15 is 0 Å². The molecule has 0 atom stereocenters. The molecule has 2 aromatic heterocycles. The molecule has 4 nitrogen and oxygen atoms in total. The van der Waals surface area contributed by atoms with Gasteiger partial charge in [0.2, 0.25) is 5.91 Å². The molecule has 2 heterocycles. The van der Waals surface area contributed by atoms with Crippen LogP contribution in [0.3, 0.4) is 0 Å². The molecule has 0 saturated carbocycles. The minimum Gasteiger partial charge on any atom is -0.327 e. The van der Waals surface area contributed by atoms with Crippen LogP contribution < -0.4 is 4.80 Å². The van der Waals surface area contributed by atoms with E-state index in [-0.39, 0.29) is 24.5 Å². The van der Waals surface area contributed by atoms with E-state index in [9.17, 15) is 9.59 Å². The zero-order chi connectivity index (χ0) is 14.7. The van der Waals surface area contributed by atoms with Crippen molar-refractivity contribution >= 4 is 34.4 Å². The Kier molecular flexibility index (Phi) is 4.67. The highest BCUT2D eigenvalue weighted by atomic mass is 32.1. The molecule has 0 saturated heterocycles. The molecule has 0 aromatic carbocycles. The van der Waals surface area contributed by atoms with Crippen LogP contribution in [0.4, 0.5) is 0 Å². The minimum atomic E-state index is -0.249. The molecule has 0 aliphatic rings. The zero-order valence-corrected chi connectivity index (χ0v) is 13.3. The van der Waals surface area contributed by atoms with Crippen LogP contribution in [0.2, 0.25) is 0 Å². The van der Waals surface area contributed by atoms with Crippen LogP contribution in [0.5, 0.6) is 0 Å². The Labute approximate surface area is 125 Å². The van der Waals surface area contributed by atoms with Crippen LogP contribution in [0.15, 0.2) is 22.6 Å². The molecule has 0 bridgehead atoms. The standard InChI is InChI=1S/C14H16N2O2S2/c1-9-8-11(10(2)20-9)12(17)4-5-13(18)15-14-16(3)6-7-19-14/h6-8H,4-5H2,1-3H3. The van der Waals surface area contributed by atoms with Crippen molar-refractivity contribution in [1.82, 2.24) is 4.57 Å². The highest BCUT2D eigenvalue weighted by Gasteiger charge is 2.13. The van der Waals surface area contributed by atoms with Gasteiger partial charge in [-0.2, -0.15) is 4.99 Å². The number of nitrogens with zero attached hydrogens (tertiary/aromatic N) is 2. The average Bonchev–Trinajstić information content (AvgIpc) is 2.93. The summed E-state index contributed by atoms with van der Waals surface area (Å²) >= 11 is 3.01. The maximum Gasteiger partial charge on any atom is 0.248 e. The van der Waals surface area contributed by atoms with Gasteiger partial charge in [0, 0.05) is 46.8 Å². The van der Waals surface area contributed by atoms with Crippen molar-refractivity contribution in [2.75, 3.05) is 0 Å². The molecular formula is C14H16N2O2S2. The van der Waals surface area contributed by atoms with E-state index in [1.165, 1.54) is 11.3 Å². The Morgan fingerprint density at radius 1 is 1.30 bits per heavy atom. The Morgan fingerprint density at radius 3 is 2.60 bits per heavy atom. The van der Waals surface area contributed by atoms with Gasteiger partial charge in [-0.3, -0.25) is 9.59 Å². The second kappa shape index (κ2) is 6.28. The smallest absolute Gasteiger partial charge is 0.248 e. The van der Waals surface area contributed by atoms with E-state index in [0.717, 1.165) is 15.3 Å². The summed E-state index contributed by atoms with van der Waals surface area (Å²) in [5.74, 6) is -0.230. The number of aromatic nitrogens is 1. The van der Waals surface area contributed by atoms with E-state index < -0.39 is 0 Å².